The molecule has 0 bridgehead atoms. The maximum absolute atomic E-state index is 13.8. The van der Waals surface area contributed by atoms with Crippen LogP contribution in [0.4, 0.5) is 4.39 Å². The lowest BCUT2D eigenvalue weighted by Crippen LogP contribution is -2.28. The summed E-state index contributed by atoms with van der Waals surface area (Å²) >= 11 is 5.94. The van der Waals surface area contributed by atoms with Crippen LogP contribution in [0, 0.1) is 17.1 Å². The van der Waals surface area contributed by atoms with Crippen LogP contribution in [0.5, 0.6) is 0 Å². The second kappa shape index (κ2) is 7.16. The van der Waals surface area contributed by atoms with E-state index in [1.54, 1.807) is 36.5 Å². The molecule has 0 aliphatic rings. The number of hydrogen-bond donors (Lipinski definition) is 1. The molecule has 1 aromatic heterocycles. The zero-order chi connectivity index (χ0) is 17.8. The summed E-state index contributed by atoms with van der Waals surface area (Å²) in [6.45, 7) is 0. The molecule has 1 amide bonds. The number of nitrogens with zero attached hydrogens (tertiary/aromatic N) is 3. The molecule has 0 radical (unpaired) electrons. The van der Waals surface area contributed by atoms with Crippen LogP contribution in [-0.4, -0.2) is 15.7 Å². The van der Waals surface area contributed by atoms with Crippen LogP contribution in [0.1, 0.15) is 22.1 Å². The van der Waals surface area contributed by atoms with Gasteiger partial charge in [0.15, 0.2) is 5.69 Å². The minimum Gasteiger partial charge on any atom is -0.331 e. The molecule has 25 heavy (non-hydrogen) atoms. The van der Waals surface area contributed by atoms with Gasteiger partial charge in [-0.05, 0) is 30.3 Å². The first kappa shape index (κ1) is 16.7. The van der Waals surface area contributed by atoms with Crippen molar-refractivity contribution in [2.75, 3.05) is 0 Å². The number of rotatable bonds is 4. The van der Waals surface area contributed by atoms with Crippen molar-refractivity contribution in [3.63, 3.8) is 0 Å². The van der Waals surface area contributed by atoms with Crippen LogP contribution in [-0.2, 0) is 0 Å². The number of carbonyl (C=O) groups is 1. The van der Waals surface area contributed by atoms with Gasteiger partial charge in [0.05, 0.1) is 11.8 Å². The first-order valence-electron chi connectivity index (χ1n) is 7.35. The van der Waals surface area contributed by atoms with Crippen molar-refractivity contribution in [3.05, 3.63) is 82.9 Å². The first-order valence-corrected chi connectivity index (χ1v) is 7.73. The average molecular weight is 355 g/mol. The molecule has 0 saturated heterocycles. The molecule has 0 aliphatic carbocycles. The average Bonchev–Trinajstić information content (AvgIpc) is 3.10. The summed E-state index contributed by atoms with van der Waals surface area (Å²) < 4.78 is 15.3. The van der Waals surface area contributed by atoms with E-state index in [4.69, 9.17) is 11.6 Å². The Labute approximate surface area is 148 Å². The van der Waals surface area contributed by atoms with E-state index in [-0.39, 0.29) is 11.3 Å². The fraction of sp³-hybridized carbons (Fsp3) is 0.0556. The topological polar surface area (TPSA) is 70.7 Å². The molecule has 2 aromatic carbocycles. The number of nitrogens with one attached hydrogen (secondary N) is 1. The highest BCUT2D eigenvalue weighted by molar-refractivity contribution is 6.30. The molecule has 0 spiro atoms. The molecular weight excluding hydrogens is 343 g/mol. The highest BCUT2D eigenvalue weighted by atomic mass is 35.5. The molecule has 7 heteroatoms. The van der Waals surface area contributed by atoms with Gasteiger partial charge in [-0.15, -0.1) is 0 Å². The Bertz CT molecular complexity index is 963. The van der Waals surface area contributed by atoms with Crippen LogP contribution in [0.25, 0.3) is 5.69 Å². The van der Waals surface area contributed by atoms with Crippen molar-refractivity contribution < 1.29 is 9.18 Å². The maximum Gasteiger partial charge on any atom is 0.273 e. The van der Waals surface area contributed by atoms with Gasteiger partial charge in [0.25, 0.3) is 5.91 Å². The zero-order valence-corrected chi connectivity index (χ0v) is 13.6. The Morgan fingerprint density at radius 3 is 2.76 bits per heavy atom. The lowest BCUT2D eigenvalue weighted by atomic mass is 10.1. The molecule has 1 unspecified atom stereocenters. The standard InChI is InChI=1S/C18H12ClFN4O/c19-12-4-3-5-13(10-12)24-9-8-16(23-24)18(25)22-17(11-21)14-6-1-2-7-15(14)20/h1-10,17H,(H,22,25). The van der Waals surface area contributed by atoms with Gasteiger partial charge in [-0.3, -0.25) is 4.79 Å². The maximum atomic E-state index is 13.8. The highest BCUT2D eigenvalue weighted by Gasteiger charge is 2.19. The van der Waals surface area contributed by atoms with E-state index in [1.807, 2.05) is 6.07 Å². The molecule has 1 heterocycles. The summed E-state index contributed by atoms with van der Waals surface area (Å²) in [6.07, 6.45) is 1.60. The van der Waals surface area contributed by atoms with Crippen LogP contribution < -0.4 is 5.32 Å². The molecule has 5 nitrogen and oxygen atoms in total. The Balaban J connectivity index is 1.80. The van der Waals surface area contributed by atoms with Gasteiger partial charge < -0.3 is 5.32 Å². The first-order chi connectivity index (χ1) is 12.1. The van der Waals surface area contributed by atoms with Crippen molar-refractivity contribution in [1.29, 1.82) is 5.26 Å². The highest BCUT2D eigenvalue weighted by Crippen LogP contribution is 2.17. The molecule has 0 fully saturated rings. The van der Waals surface area contributed by atoms with E-state index in [2.05, 4.69) is 10.4 Å². The van der Waals surface area contributed by atoms with Gasteiger partial charge in [-0.1, -0.05) is 35.9 Å². The second-order valence-corrected chi connectivity index (χ2v) is 5.62. The minimum atomic E-state index is -1.11. The fourth-order valence-corrected chi connectivity index (χ4v) is 2.49. The summed E-state index contributed by atoms with van der Waals surface area (Å²) in [4.78, 5) is 12.3. The lowest BCUT2D eigenvalue weighted by Gasteiger charge is -2.11. The van der Waals surface area contributed by atoms with Gasteiger partial charge in [-0.2, -0.15) is 10.4 Å². The van der Waals surface area contributed by atoms with Crippen molar-refractivity contribution in [3.8, 4) is 11.8 Å². The Hall–Kier alpha value is -3.17. The third-order valence-electron chi connectivity index (χ3n) is 3.52. The van der Waals surface area contributed by atoms with Crippen molar-refractivity contribution >= 4 is 17.5 Å². The summed E-state index contributed by atoms with van der Waals surface area (Å²) in [7, 11) is 0. The summed E-state index contributed by atoms with van der Waals surface area (Å²) in [5, 5.41) is 16.4. The number of nitriles is 1. The van der Waals surface area contributed by atoms with Crippen molar-refractivity contribution in [2.45, 2.75) is 6.04 Å². The Morgan fingerprint density at radius 1 is 1.24 bits per heavy atom. The van der Waals surface area contributed by atoms with E-state index >= 15 is 0 Å². The van der Waals surface area contributed by atoms with E-state index in [1.165, 1.54) is 28.9 Å². The molecule has 0 saturated carbocycles. The van der Waals surface area contributed by atoms with Crippen LogP contribution in [0.15, 0.2) is 60.8 Å². The quantitative estimate of drug-likeness (QED) is 0.777. The molecule has 124 valence electrons. The van der Waals surface area contributed by atoms with Crippen LogP contribution in [0.2, 0.25) is 5.02 Å². The second-order valence-electron chi connectivity index (χ2n) is 5.18. The zero-order valence-electron chi connectivity index (χ0n) is 12.9. The van der Waals surface area contributed by atoms with E-state index in [0.29, 0.717) is 10.7 Å². The smallest absolute Gasteiger partial charge is 0.273 e. The van der Waals surface area contributed by atoms with Crippen molar-refractivity contribution in [2.24, 2.45) is 0 Å². The van der Waals surface area contributed by atoms with E-state index < -0.39 is 17.8 Å². The van der Waals surface area contributed by atoms with Gasteiger partial charge in [-0.25, -0.2) is 9.07 Å². The Kier molecular flexibility index (Phi) is 4.78. The number of carbonyl (C=O) groups excluding carboxylic acids is 1. The summed E-state index contributed by atoms with van der Waals surface area (Å²) in [5.74, 6) is -1.13. The molecule has 1 atom stereocenters. The number of amides is 1. The SMILES string of the molecule is N#CC(NC(=O)c1ccn(-c2cccc(Cl)c2)n1)c1ccccc1F. The fourth-order valence-electron chi connectivity index (χ4n) is 2.30. The molecule has 3 rings (SSSR count). The third-order valence-corrected chi connectivity index (χ3v) is 3.75. The lowest BCUT2D eigenvalue weighted by molar-refractivity contribution is 0.0939. The third kappa shape index (κ3) is 3.67. The monoisotopic (exact) mass is 354 g/mol. The van der Waals surface area contributed by atoms with Gasteiger partial charge in [0, 0.05) is 16.8 Å². The molecule has 0 aliphatic heterocycles. The van der Waals surface area contributed by atoms with E-state index in [0.717, 1.165) is 0 Å². The number of hydrogen-bond acceptors (Lipinski definition) is 3. The van der Waals surface area contributed by atoms with Gasteiger partial charge in [0.1, 0.15) is 11.9 Å². The number of aromatic nitrogens is 2. The predicted molar refractivity (Wildman–Crippen MR) is 90.8 cm³/mol. The van der Waals surface area contributed by atoms with Crippen molar-refractivity contribution in [1.82, 2.24) is 15.1 Å². The summed E-state index contributed by atoms with van der Waals surface area (Å²) in [6, 6.07) is 15.1. The minimum absolute atomic E-state index is 0.104. The molecule has 3 aromatic rings. The molecule has 1 N–H and O–H groups in total. The normalized spacial score (nSPS) is 11.6. The Morgan fingerprint density at radius 2 is 2.04 bits per heavy atom. The number of halogens is 2. The largest absolute Gasteiger partial charge is 0.331 e. The van der Waals surface area contributed by atoms with Crippen LogP contribution >= 0.6 is 11.6 Å². The van der Waals surface area contributed by atoms with Gasteiger partial charge >= 0.3 is 0 Å². The summed E-state index contributed by atoms with van der Waals surface area (Å²) in [5.41, 5.74) is 0.904. The van der Waals surface area contributed by atoms with Crippen LogP contribution in [0.3, 0.4) is 0 Å². The molecular formula is C18H12ClFN4O. The van der Waals surface area contributed by atoms with Gasteiger partial charge in [0.2, 0.25) is 0 Å². The van der Waals surface area contributed by atoms with E-state index in [9.17, 15) is 14.4 Å². The number of benzene rings is 2. The predicted octanol–water partition coefficient (Wildman–Crippen LogP) is 3.66.